The molecule has 2 aromatic carbocycles. The van der Waals surface area contributed by atoms with Crippen LogP contribution in [0.4, 0.5) is 4.79 Å². The van der Waals surface area contributed by atoms with Crippen molar-refractivity contribution in [1.82, 2.24) is 4.90 Å². The van der Waals surface area contributed by atoms with Gasteiger partial charge in [0.25, 0.3) is 11.1 Å². The fourth-order valence-electron chi connectivity index (χ4n) is 2.92. The molecule has 1 aliphatic heterocycles. The van der Waals surface area contributed by atoms with Crippen molar-refractivity contribution >= 4 is 52.5 Å². The molecule has 0 unspecified atom stereocenters. The fraction of sp³-hybridized carbons (Fsp3) is 0.182. The molecule has 1 fully saturated rings. The Morgan fingerprint density at radius 2 is 1.97 bits per heavy atom. The first-order chi connectivity index (χ1) is 15.2. The lowest BCUT2D eigenvalue weighted by atomic mass is 10.1. The van der Waals surface area contributed by atoms with Gasteiger partial charge in [0.1, 0.15) is 18.4 Å². The van der Waals surface area contributed by atoms with Crippen LogP contribution in [0.2, 0.25) is 5.02 Å². The molecule has 1 aliphatic rings. The van der Waals surface area contributed by atoms with E-state index in [1.807, 2.05) is 0 Å². The quantitative estimate of drug-likeness (QED) is 0.468. The lowest BCUT2D eigenvalue weighted by Crippen LogP contribution is -2.42. The Morgan fingerprint density at radius 3 is 2.62 bits per heavy atom. The minimum atomic E-state index is -1.03. The lowest BCUT2D eigenvalue weighted by Gasteiger charge is -2.18. The molecule has 0 aromatic heterocycles. The summed E-state index contributed by atoms with van der Waals surface area (Å²) in [6.45, 7) is 1.53. The smallest absolute Gasteiger partial charge is 0.335 e. The molecule has 0 spiro atoms. The number of thioether (sulfide) groups is 1. The van der Waals surface area contributed by atoms with E-state index in [0.29, 0.717) is 16.9 Å². The molecular formula is C22H18ClNO7S. The molecule has 8 nitrogen and oxygen atoms in total. The number of carboxylic acid groups (broad SMARTS) is 1. The third-order valence-electron chi connectivity index (χ3n) is 4.58. The first-order valence-electron chi connectivity index (χ1n) is 9.30. The summed E-state index contributed by atoms with van der Waals surface area (Å²) in [5.41, 5.74) is 1.38. The van der Waals surface area contributed by atoms with E-state index in [2.05, 4.69) is 4.74 Å². The van der Waals surface area contributed by atoms with Gasteiger partial charge in [-0.1, -0.05) is 29.8 Å². The van der Waals surface area contributed by atoms with E-state index in [9.17, 15) is 19.2 Å². The number of esters is 1. The average Bonchev–Trinajstić information content (AvgIpc) is 3.04. The van der Waals surface area contributed by atoms with E-state index < -0.39 is 29.1 Å². The standard InChI is InChI=1S/C22H18ClNO7S/c1-12(21(28)30-2)24-19(25)18(32-22(24)29)10-13-6-7-17(16(23)9-13)31-11-14-4-3-5-15(8-14)20(26)27/h3-10,12H,11H2,1-2H3,(H,26,27)/b18-10+/t12-/m0/s1. The molecule has 0 radical (unpaired) electrons. The number of hydrogen-bond acceptors (Lipinski definition) is 7. The Bertz CT molecular complexity index is 1130. The number of carboxylic acids is 1. The average molecular weight is 476 g/mol. The topological polar surface area (TPSA) is 110 Å². The summed E-state index contributed by atoms with van der Waals surface area (Å²) >= 11 is 7.01. The molecule has 1 saturated heterocycles. The number of hydrogen-bond donors (Lipinski definition) is 1. The zero-order valence-corrected chi connectivity index (χ0v) is 18.6. The van der Waals surface area contributed by atoms with Gasteiger partial charge < -0.3 is 14.6 Å². The van der Waals surface area contributed by atoms with Crippen LogP contribution >= 0.6 is 23.4 Å². The first-order valence-corrected chi connectivity index (χ1v) is 10.5. The van der Waals surface area contributed by atoms with Crippen molar-refractivity contribution in [3.05, 3.63) is 69.1 Å². The summed E-state index contributed by atoms with van der Waals surface area (Å²) in [5, 5.41) is 8.78. The van der Waals surface area contributed by atoms with Crippen molar-refractivity contribution in [1.29, 1.82) is 0 Å². The van der Waals surface area contributed by atoms with Crippen molar-refractivity contribution < 1.29 is 33.8 Å². The highest BCUT2D eigenvalue weighted by molar-refractivity contribution is 8.18. The second-order valence-corrected chi connectivity index (χ2v) is 8.14. The Labute approximate surface area is 192 Å². The summed E-state index contributed by atoms with van der Waals surface area (Å²) in [6, 6.07) is 10.2. The maximum absolute atomic E-state index is 12.6. The van der Waals surface area contributed by atoms with E-state index in [1.54, 1.807) is 30.3 Å². The lowest BCUT2D eigenvalue weighted by molar-refractivity contribution is -0.148. The third kappa shape index (κ3) is 5.12. The van der Waals surface area contributed by atoms with Crippen LogP contribution in [0.1, 0.15) is 28.4 Å². The van der Waals surface area contributed by atoms with Crippen LogP contribution in [0.15, 0.2) is 47.4 Å². The van der Waals surface area contributed by atoms with Crippen LogP contribution in [-0.4, -0.2) is 46.2 Å². The monoisotopic (exact) mass is 475 g/mol. The Hall–Kier alpha value is -3.30. The number of rotatable bonds is 7. The van der Waals surface area contributed by atoms with Gasteiger partial charge in [-0.15, -0.1) is 0 Å². The number of methoxy groups -OCH3 is 1. The normalized spacial score (nSPS) is 15.7. The summed E-state index contributed by atoms with van der Waals surface area (Å²) in [4.78, 5) is 48.5. The number of amides is 2. The fourth-order valence-corrected chi connectivity index (χ4v) is 4.07. The maximum atomic E-state index is 12.6. The number of carbonyl (C=O) groups excluding carboxylic acids is 3. The second-order valence-electron chi connectivity index (χ2n) is 6.73. The summed E-state index contributed by atoms with van der Waals surface area (Å²) in [6.07, 6.45) is 1.50. The van der Waals surface area contributed by atoms with Crippen molar-refractivity contribution in [2.75, 3.05) is 7.11 Å². The molecule has 2 amide bonds. The number of carbonyl (C=O) groups is 4. The maximum Gasteiger partial charge on any atom is 0.335 e. The summed E-state index contributed by atoms with van der Waals surface area (Å²) in [5.74, 6) is -1.93. The van der Waals surface area contributed by atoms with Crippen molar-refractivity contribution in [3.63, 3.8) is 0 Å². The van der Waals surface area contributed by atoms with E-state index in [-0.39, 0.29) is 22.1 Å². The number of benzene rings is 2. The molecule has 1 N–H and O–H groups in total. The zero-order chi connectivity index (χ0) is 23.4. The zero-order valence-electron chi connectivity index (χ0n) is 17.0. The van der Waals surface area contributed by atoms with Gasteiger partial charge in [-0.2, -0.15) is 0 Å². The van der Waals surface area contributed by atoms with Crippen LogP contribution in [0.25, 0.3) is 6.08 Å². The van der Waals surface area contributed by atoms with Crippen LogP contribution in [0.3, 0.4) is 0 Å². The predicted octanol–water partition coefficient (Wildman–Crippen LogP) is 4.22. The number of ether oxygens (including phenoxy) is 2. The molecule has 10 heteroatoms. The minimum Gasteiger partial charge on any atom is -0.487 e. The molecule has 166 valence electrons. The van der Waals surface area contributed by atoms with Gasteiger partial charge in [-0.05, 0) is 60.2 Å². The molecule has 32 heavy (non-hydrogen) atoms. The molecule has 1 heterocycles. The number of imide groups is 1. The SMILES string of the molecule is COC(=O)[C@H](C)N1C(=O)S/C(=C/c2ccc(OCc3cccc(C(=O)O)c3)c(Cl)c2)C1=O. The summed E-state index contributed by atoms with van der Waals surface area (Å²) in [7, 11) is 1.18. The van der Waals surface area contributed by atoms with Gasteiger partial charge in [-0.3, -0.25) is 14.5 Å². The van der Waals surface area contributed by atoms with Crippen molar-refractivity contribution in [2.24, 2.45) is 0 Å². The van der Waals surface area contributed by atoms with Crippen LogP contribution in [-0.2, 0) is 20.9 Å². The van der Waals surface area contributed by atoms with Crippen LogP contribution in [0, 0.1) is 0 Å². The van der Waals surface area contributed by atoms with Crippen molar-refractivity contribution in [3.8, 4) is 5.75 Å². The minimum absolute atomic E-state index is 0.116. The van der Waals surface area contributed by atoms with E-state index >= 15 is 0 Å². The molecule has 0 saturated carbocycles. The van der Waals surface area contributed by atoms with Gasteiger partial charge in [0, 0.05) is 0 Å². The van der Waals surface area contributed by atoms with Gasteiger partial charge in [0.05, 0.1) is 22.6 Å². The van der Waals surface area contributed by atoms with Gasteiger partial charge in [0.15, 0.2) is 0 Å². The Balaban J connectivity index is 1.72. The second kappa shape index (κ2) is 9.88. The number of halogens is 1. The first kappa shape index (κ1) is 23.4. The molecule has 0 aliphatic carbocycles. The predicted molar refractivity (Wildman–Crippen MR) is 118 cm³/mol. The van der Waals surface area contributed by atoms with E-state index in [0.717, 1.165) is 16.7 Å². The van der Waals surface area contributed by atoms with Crippen LogP contribution in [0.5, 0.6) is 5.75 Å². The Morgan fingerprint density at radius 1 is 1.22 bits per heavy atom. The molecule has 0 bridgehead atoms. The summed E-state index contributed by atoms with van der Waals surface area (Å²) < 4.78 is 10.3. The van der Waals surface area contributed by atoms with Gasteiger partial charge in [-0.25, -0.2) is 9.59 Å². The Kier molecular flexibility index (Phi) is 7.22. The number of nitrogens with zero attached hydrogens (tertiary/aromatic N) is 1. The van der Waals surface area contributed by atoms with E-state index in [1.165, 1.54) is 32.2 Å². The molecular weight excluding hydrogens is 458 g/mol. The highest BCUT2D eigenvalue weighted by Gasteiger charge is 2.41. The van der Waals surface area contributed by atoms with Gasteiger partial charge >= 0.3 is 11.9 Å². The number of aromatic carboxylic acids is 1. The highest BCUT2D eigenvalue weighted by atomic mass is 35.5. The van der Waals surface area contributed by atoms with E-state index in [4.69, 9.17) is 21.4 Å². The largest absolute Gasteiger partial charge is 0.487 e. The molecule has 2 aromatic rings. The van der Waals surface area contributed by atoms with Crippen LogP contribution < -0.4 is 4.74 Å². The van der Waals surface area contributed by atoms with Gasteiger partial charge in [0.2, 0.25) is 0 Å². The third-order valence-corrected chi connectivity index (χ3v) is 5.75. The molecule has 1 atom stereocenters. The van der Waals surface area contributed by atoms with Crippen molar-refractivity contribution in [2.45, 2.75) is 19.6 Å². The highest BCUT2D eigenvalue weighted by Crippen LogP contribution is 2.35. The molecule has 3 rings (SSSR count).